The molecule has 0 amide bonds. The van der Waals surface area contributed by atoms with E-state index < -0.39 is 13.4 Å². The van der Waals surface area contributed by atoms with Crippen molar-refractivity contribution >= 4 is 6.98 Å². The van der Waals surface area contributed by atoms with Gasteiger partial charge in [-0.3, -0.25) is 4.68 Å². The van der Waals surface area contributed by atoms with Crippen LogP contribution < -0.4 is 51.4 Å². The van der Waals surface area contributed by atoms with Crippen LogP contribution in [0.3, 0.4) is 0 Å². The van der Waals surface area contributed by atoms with Crippen LogP contribution in [0.25, 0.3) is 0 Å². The van der Waals surface area contributed by atoms with Gasteiger partial charge in [0.2, 0.25) is 0 Å². The van der Waals surface area contributed by atoms with Crippen LogP contribution in [0.15, 0.2) is 6.33 Å². The Labute approximate surface area is 115 Å². The maximum atomic E-state index is 11.7. The summed E-state index contributed by atoms with van der Waals surface area (Å²) < 4.78 is 35.8. The Morgan fingerprint density at radius 3 is 2.54 bits per heavy atom. The topological polar surface area (TPSA) is 54.5 Å². The summed E-state index contributed by atoms with van der Waals surface area (Å²) in [5, 5.41) is 11.4. The number of hydrogen-bond donors (Lipinski definition) is 0. The van der Waals surface area contributed by atoms with Gasteiger partial charge in [0.25, 0.3) is 5.82 Å². The molecule has 0 aliphatic rings. The number of hydrogen-bond acceptors (Lipinski definition) is 3. The van der Waals surface area contributed by atoms with E-state index in [1.165, 1.54) is 6.07 Å². The van der Waals surface area contributed by atoms with Crippen molar-refractivity contribution in [1.29, 1.82) is 5.26 Å². The van der Waals surface area contributed by atoms with Gasteiger partial charge in [-0.05, 0) is 0 Å². The van der Waals surface area contributed by atoms with Crippen LogP contribution in [0, 0.1) is 11.3 Å². The maximum absolute atomic E-state index is 11.7. The molecule has 0 N–H and O–H groups in total. The summed E-state index contributed by atoms with van der Waals surface area (Å²) in [7, 11) is 0. The molecule has 0 aliphatic heterocycles. The molecule has 1 aromatic rings. The van der Waals surface area contributed by atoms with E-state index in [9.17, 15) is 12.9 Å². The molecule has 1 heterocycles. The van der Waals surface area contributed by atoms with Crippen molar-refractivity contribution in [3.63, 3.8) is 0 Å². The molecule has 1 aromatic heterocycles. The van der Waals surface area contributed by atoms with Gasteiger partial charge >= 0.3 is 58.4 Å². The SMILES string of the molecule is N#Cc1ncn(C[B-](F)(F)F)n1.[K+]. The van der Waals surface area contributed by atoms with Crippen LogP contribution in [0.5, 0.6) is 0 Å². The third-order valence-corrected chi connectivity index (χ3v) is 1.03. The molecule has 0 fully saturated rings. The fourth-order valence-corrected chi connectivity index (χ4v) is 0.646. The van der Waals surface area contributed by atoms with Crippen LogP contribution in [-0.2, 0) is 6.44 Å². The maximum Gasteiger partial charge on any atom is 1.00 e. The van der Waals surface area contributed by atoms with Crippen molar-refractivity contribution in [2.45, 2.75) is 6.44 Å². The number of halogens is 3. The molecule has 0 unspecified atom stereocenters. The second kappa shape index (κ2) is 5.11. The molecule has 1 rings (SSSR count). The molecular weight excluding hydrogens is 211 g/mol. The predicted octanol–water partition coefficient (Wildman–Crippen LogP) is -2.46. The molecule has 0 spiro atoms. The minimum absolute atomic E-state index is 0. The zero-order valence-corrected chi connectivity index (χ0v) is 9.91. The van der Waals surface area contributed by atoms with Crippen molar-refractivity contribution < 1.29 is 64.3 Å². The van der Waals surface area contributed by atoms with Crippen LogP contribution in [0.1, 0.15) is 5.82 Å². The first-order chi connectivity index (χ1) is 5.51. The summed E-state index contributed by atoms with van der Waals surface area (Å²) in [6, 6.07) is 1.53. The van der Waals surface area contributed by atoms with E-state index in [1.807, 2.05) is 0 Å². The first kappa shape index (κ1) is 13.1. The Balaban J connectivity index is 0.00000144. The zero-order valence-electron chi connectivity index (χ0n) is 6.78. The van der Waals surface area contributed by atoms with Crippen LogP contribution in [-0.4, -0.2) is 21.7 Å². The molecule has 0 aromatic carbocycles. The van der Waals surface area contributed by atoms with Crippen molar-refractivity contribution in [1.82, 2.24) is 14.8 Å². The molecule has 0 saturated heterocycles. The normalized spacial score (nSPS) is 10.3. The largest absolute Gasteiger partial charge is 1.00 e. The van der Waals surface area contributed by atoms with Gasteiger partial charge in [-0.2, -0.15) is 5.26 Å². The van der Waals surface area contributed by atoms with E-state index in [0.717, 1.165) is 6.33 Å². The van der Waals surface area contributed by atoms with Crippen molar-refractivity contribution in [3.05, 3.63) is 12.2 Å². The average Bonchev–Trinajstić information content (AvgIpc) is 2.32. The van der Waals surface area contributed by atoms with E-state index in [0.29, 0.717) is 4.68 Å². The second-order valence-corrected chi connectivity index (χ2v) is 2.11. The molecule has 0 bridgehead atoms. The van der Waals surface area contributed by atoms with Crippen LogP contribution in [0.2, 0.25) is 0 Å². The van der Waals surface area contributed by atoms with Crippen molar-refractivity contribution in [3.8, 4) is 6.07 Å². The van der Waals surface area contributed by atoms with Gasteiger partial charge in [0.15, 0.2) is 0 Å². The van der Waals surface area contributed by atoms with E-state index in [2.05, 4.69) is 10.1 Å². The minimum Gasteiger partial charge on any atom is -0.448 e. The number of rotatable bonds is 2. The van der Waals surface area contributed by atoms with Gasteiger partial charge in [-0.1, -0.05) is 0 Å². The van der Waals surface area contributed by atoms with Gasteiger partial charge in [-0.15, -0.1) is 5.10 Å². The van der Waals surface area contributed by atoms with Gasteiger partial charge in [-0.25, -0.2) is 4.98 Å². The summed E-state index contributed by atoms with van der Waals surface area (Å²) in [5.74, 6) is -0.255. The summed E-state index contributed by atoms with van der Waals surface area (Å²) in [6.45, 7) is -4.92. The molecular formula is C4H3BF3KN4. The smallest absolute Gasteiger partial charge is 0.448 e. The quantitative estimate of drug-likeness (QED) is 0.513. The van der Waals surface area contributed by atoms with E-state index >= 15 is 0 Å². The first-order valence-corrected chi connectivity index (χ1v) is 3.02. The molecule has 64 valence electrons. The standard InChI is InChI=1S/C4H3BF3N4.K/c6-5(7,8)2-12-3-10-4(1-9)11-12;/h3H,2H2;/q-1;+1. The molecule has 0 aliphatic carbocycles. The molecule has 4 nitrogen and oxygen atoms in total. The third kappa shape index (κ3) is 4.78. The van der Waals surface area contributed by atoms with Gasteiger partial charge in [0.05, 0.1) is 0 Å². The van der Waals surface area contributed by atoms with E-state index in [-0.39, 0.29) is 57.2 Å². The van der Waals surface area contributed by atoms with Gasteiger partial charge < -0.3 is 12.9 Å². The van der Waals surface area contributed by atoms with E-state index in [4.69, 9.17) is 5.26 Å². The van der Waals surface area contributed by atoms with Crippen molar-refractivity contribution in [2.24, 2.45) is 0 Å². The third-order valence-electron chi connectivity index (χ3n) is 1.03. The minimum atomic E-state index is -4.92. The second-order valence-electron chi connectivity index (χ2n) is 2.11. The summed E-state index contributed by atoms with van der Waals surface area (Å²) in [4.78, 5) is 3.32. The average molecular weight is 214 g/mol. The van der Waals surface area contributed by atoms with Crippen molar-refractivity contribution in [2.75, 3.05) is 0 Å². The number of aromatic nitrogens is 3. The first-order valence-electron chi connectivity index (χ1n) is 3.02. The Hall–Kier alpha value is 0.121. The summed E-state index contributed by atoms with van der Waals surface area (Å²) in [5.41, 5.74) is 0. The molecule has 0 atom stereocenters. The predicted molar refractivity (Wildman–Crippen MR) is 33.8 cm³/mol. The zero-order chi connectivity index (χ0) is 9.19. The van der Waals surface area contributed by atoms with Crippen LogP contribution >= 0.6 is 0 Å². The van der Waals surface area contributed by atoms with Gasteiger partial charge in [0, 0.05) is 6.44 Å². The van der Waals surface area contributed by atoms with Gasteiger partial charge in [0.1, 0.15) is 12.4 Å². The Morgan fingerprint density at radius 2 is 2.15 bits per heavy atom. The number of nitrogens with zero attached hydrogens (tertiary/aromatic N) is 4. The summed E-state index contributed by atoms with van der Waals surface area (Å²) >= 11 is 0. The molecule has 9 heteroatoms. The van der Waals surface area contributed by atoms with E-state index in [1.54, 1.807) is 0 Å². The molecule has 0 saturated carbocycles. The molecule has 13 heavy (non-hydrogen) atoms. The van der Waals surface area contributed by atoms with Crippen LogP contribution in [0.4, 0.5) is 12.9 Å². The Bertz CT molecular complexity index is 316. The Morgan fingerprint density at radius 1 is 1.54 bits per heavy atom. The number of nitriles is 1. The molecule has 0 radical (unpaired) electrons. The monoisotopic (exact) mass is 214 g/mol. The fourth-order valence-electron chi connectivity index (χ4n) is 0.646. The summed E-state index contributed by atoms with van der Waals surface area (Å²) in [6.07, 6.45) is -0.275. The Kier molecular flexibility index (Phi) is 5.16. The fraction of sp³-hybridized carbons (Fsp3) is 0.250.